The Bertz CT molecular complexity index is 814. The maximum Gasteiger partial charge on any atom is 0.241 e. The van der Waals surface area contributed by atoms with Crippen molar-refractivity contribution in [1.29, 1.82) is 0 Å². The van der Waals surface area contributed by atoms with Gasteiger partial charge in [0.25, 0.3) is 0 Å². The number of carbonyl (C=O) groups excluding carboxylic acids is 1. The van der Waals surface area contributed by atoms with Gasteiger partial charge in [0.1, 0.15) is 6.04 Å². The molecule has 1 aliphatic rings. The van der Waals surface area contributed by atoms with Crippen molar-refractivity contribution in [1.82, 2.24) is 9.62 Å². The molecular weight excluding hydrogens is 476 g/mol. The lowest BCUT2D eigenvalue weighted by atomic mass is 10.0. The summed E-state index contributed by atoms with van der Waals surface area (Å²) in [4.78, 5) is 15.2. The maximum absolute atomic E-state index is 13.5. The highest BCUT2D eigenvalue weighted by atomic mass is 32.2. The number of sulfonamides is 1. The Morgan fingerprint density at radius 3 is 1.57 bits per heavy atom. The molecule has 0 unspecified atom stereocenters. The van der Waals surface area contributed by atoms with Crippen molar-refractivity contribution >= 4 is 15.9 Å². The number of hydrogen-bond donors (Lipinski definition) is 1. The molecule has 1 aromatic carbocycles. The van der Waals surface area contributed by atoms with Gasteiger partial charge >= 0.3 is 0 Å². The van der Waals surface area contributed by atoms with Gasteiger partial charge in [0.15, 0.2) is 0 Å². The first kappa shape index (κ1) is 29.6. The van der Waals surface area contributed by atoms with Crippen LogP contribution in [0.2, 0.25) is 0 Å². The first-order valence-electron chi connectivity index (χ1n) is 12.1. The zero-order valence-corrected chi connectivity index (χ0v) is 21.9. The molecule has 1 amide bonds. The van der Waals surface area contributed by atoms with Gasteiger partial charge in [-0.05, 0) is 25.0 Å². The minimum absolute atomic E-state index is 0.123. The molecule has 0 spiro atoms. The third-order valence-electron chi connectivity index (χ3n) is 5.36. The van der Waals surface area contributed by atoms with Crippen LogP contribution >= 0.6 is 0 Å². The summed E-state index contributed by atoms with van der Waals surface area (Å²) in [6.45, 7) is 10.2. The fourth-order valence-corrected chi connectivity index (χ4v) is 4.62. The van der Waals surface area contributed by atoms with Gasteiger partial charge in [0.05, 0.1) is 71.0 Å². The third kappa shape index (κ3) is 11.3. The smallest absolute Gasteiger partial charge is 0.241 e. The number of nitrogens with one attached hydrogen (secondary N) is 1. The van der Waals surface area contributed by atoms with Crippen LogP contribution in [0, 0.1) is 12.8 Å². The van der Waals surface area contributed by atoms with Gasteiger partial charge in [-0.1, -0.05) is 31.5 Å². The summed E-state index contributed by atoms with van der Waals surface area (Å²) in [6.07, 6.45) is 0. The predicted octanol–water partition coefficient (Wildman–Crippen LogP) is 1.22. The molecule has 1 N–H and O–H groups in total. The Labute approximate surface area is 209 Å². The monoisotopic (exact) mass is 516 g/mol. The van der Waals surface area contributed by atoms with Crippen LogP contribution in [0.5, 0.6) is 0 Å². The molecule has 1 fully saturated rings. The fraction of sp³-hybridized carbons (Fsp3) is 0.708. The minimum Gasteiger partial charge on any atom is -0.377 e. The Morgan fingerprint density at radius 1 is 0.771 bits per heavy atom. The molecule has 0 aliphatic carbocycles. The highest BCUT2D eigenvalue weighted by Gasteiger charge is 2.31. The number of hydrogen-bond acceptors (Lipinski definition) is 8. The van der Waals surface area contributed by atoms with Crippen LogP contribution in [-0.2, 0) is 38.5 Å². The van der Waals surface area contributed by atoms with Gasteiger partial charge in [-0.15, -0.1) is 0 Å². The lowest BCUT2D eigenvalue weighted by Crippen LogP contribution is -2.52. The van der Waals surface area contributed by atoms with E-state index < -0.39 is 16.1 Å². The molecule has 200 valence electrons. The van der Waals surface area contributed by atoms with Crippen molar-refractivity contribution in [2.24, 2.45) is 5.92 Å². The molecule has 35 heavy (non-hydrogen) atoms. The minimum atomic E-state index is -3.87. The van der Waals surface area contributed by atoms with Gasteiger partial charge < -0.3 is 28.6 Å². The zero-order valence-electron chi connectivity index (χ0n) is 21.1. The summed E-state index contributed by atoms with van der Waals surface area (Å²) in [6, 6.07) is 5.60. The van der Waals surface area contributed by atoms with E-state index in [0.717, 1.165) is 5.56 Å². The molecule has 1 atom stereocenters. The highest BCUT2D eigenvalue weighted by Crippen LogP contribution is 2.14. The molecule has 2 rings (SSSR count). The maximum atomic E-state index is 13.5. The second-order valence-electron chi connectivity index (χ2n) is 8.54. The van der Waals surface area contributed by atoms with E-state index in [-0.39, 0.29) is 16.7 Å². The molecule has 1 aromatic rings. The first-order chi connectivity index (χ1) is 16.8. The summed E-state index contributed by atoms with van der Waals surface area (Å²) in [5.74, 6) is -0.580. The van der Waals surface area contributed by atoms with Crippen molar-refractivity contribution < 1.29 is 36.9 Å². The van der Waals surface area contributed by atoms with Gasteiger partial charge in [-0.2, -0.15) is 4.72 Å². The Hall–Kier alpha value is -1.60. The van der Waals surface area contributed by atoms with Gasteiger partial charge in [0, 0.05) is 13.1 Å². The van der Waals surface area contributed by atoms with Gasteiger partial charge in [-0.3, -0.25) is 4.79 Å². The first-order valence-corrected chi connectivity index (χ1v) is 13.6. The number of aryl methyl sites for hydroxylation is 1. The standard InChI is InChI=1S/C24H40N2O8S/c1-20(2)23(25-35(28,29)22-6-4-21(3)5-7-22)24(27)26-8-10-30-12-14-32-16-18-34-19-17-33-15-13-31-11-9-26/h4-7,20,23,25H,8-19H2,1-3H3/t23-/m0/s1. The number of benzene rings is 1. The van der Waals surface area contributed by atoms with E-state index in [4.69, 9.17) is 23.7 Å². The SMILES string of the molecule is Cc1ccc(S(=O)(=O)N[C@H](C(=O)N2CCOCCOCCOCCOCCOCC2)C(C)C)cc1. The van der Waals surface area contributed by atoms with Crippen molar-refractivity contribution in [3.8, 4) is 0 Å². The quantitative estimate of drug-likeness (QED) is 0.622. The van der Waals surface area contributed by atoms with Crippen LogP contribution < -0.4 is 4.72 Å². The van der Waals surface area contributed by atoms with E-state index >= 15 is 0 Å². The fourth-order valence-electron chi connectivity index (χ4n) is 3.28. The van der Waals surface area contributed by atoms with Crippen molar-refractivity contribution in [3.63, 3.8) is 0 Å². The largest absolute Gasteiger partial charge is 0.377 e. The lowest BCUT2D eigenvalue weighted by molar-refractivity contribution is -0.135. The number of rotatable bonds is 5. The van der Waals surface area contributed by atoms with E-state index in [2.05, 4.69) is 4.72 Å². The van der Waals surface area contributed by atoms with Crippen molar-refractivity contribution in [3.05, 3.63) is 29.8 Å². The summed E-state index contributed by atoms with van der Waals surface area (Å²) >= 11 is 0. The predicted molar refractivity (Wildman–Crippen MR) is 131 cm³/mol. The Balaban J connectivity index is 2.03. The Kier molecular flexibility index (Phi) is 13.7. The lowest BCUT2D eigenvalue weighted by Gasteiger charge is -2.29. The second-order valence-corrected chi connectivity index (χ2v) is 10.3. The summed E-state index contributed by atoms with van der Waals surface area (Å²) in [5, 5.41) is 0. The van der Waals surface area contributed by atoms with E-state index in [1.807, 2.05) is 20.8 Å². The number of carbonyl (C=O) groups is 1. The molecule has 1 aliphatic heterocycles. The number of nitrogens with zero attached hydrogens (tertiary/aromatic N) is 1. The molecule has 0 radical (unpaired) electrons. The molecule has 0 saturated carbocycles. The second kappa shape index (κ2) is 16.2. The summed E-state index contributed by atoms with van der Waals surface area (Å²) in [5.41, 5.74) is 0.952. The highest BCUT2D eigenvalue weighted by molar-refractivity contribution is 7.89. The number of amides is 1. The van der Waals surface area contributed by atoms with Crippen LogP contribution in [0.25, 0.3) is 0 Å². The van der Waals surface area contributed by atoms with Crippen molar-refractivity contribution in [2.75, 3.05) is 79.2 Å². The summed E-state index contributed by atoms with van der Waals surface area (Å²) < 4.78 is 56.1. The van der Waals surface area contributed by atoms with Crippen LogP contribution in [-0.4, -0.2) is 104 Å². The van der Waals surface area contributed by atoms with E-state index in [1.165, 1.54) is 12.1 Å². The molecule has 1 heterocycles. The molecule has 11 heteroatoms. The van der Waals surface area contributed by atoms with Crippen molar-refractivity contribution in [2.45, 2.75) is 31.7 Å². The van der Waals surface area contributed by atoms with E-state index in [0.29, 0.717) is 79.2 Å². The van der Waals surface area contributed by atoms with Crippen LogP contribution in [0.15, 0.2) is 29.2 Å². The molecule has 10 nitrogen and oxygen atoms in total. The van der Waals surface area contributed by atoms with Crippen LogP contribution in [0.1, 0.15) is 19.4 Å². The zero-order chi connectivity index (χ0) is 25.5. The van der Waals surface area contributed by atoms with Gasteiger partial charge in [0.2, 0.25) is 15.9 Å². The average molecular weight is 517 g/mol. The molecule has 1 saturated heterocycles. The molecule has 0 aromatic heterocycles. The van der Waals surface area contributed by atoms with Crippen LogP contribution in [0.4, 0.5) is 0 Å². The topological polar surface area (TPSA) is 113 Å². The van der Waals surface area contributed by atoms with Crippen LogP contribution in [0.3, 0.4) is 0 Å². The van der Waals surface area contributed by atoms with Gasteiger partial charge in [-0.25, -0.2) is 8.42 Å². The van der Waals surface area contributed by atoms with E-state index in [9.17, 15) is 13.2 Å². The van der Waals surface area contributed by atoms with E-state index in [1.54, 1.807) is 17.0 Å². The summed E-state index contributed by atoms with van der Waals surface area (Å²) in [7, 11) is -3.87. The Morgan fingerprint density at radius 2 is 1.17 bits per heavy atom. The number of ether oxygens (including phenoxy) is 5. The normalized spacial score (nSPS) is 19.6. The molecule has 0 bridgehead atoms. The average Bonchev–Trinajstić information content (AvgIpc) is 2.82. The third-order valence-corrected chi connectivity index (χ3v) is 6.81. The molecular formula is C24H40N2O8S.